The molecule has 1 aromatic rings. The Morgan fingerprint density at radius 2 is 2.00 bits per heavy atom. The first kappa shape index (κ1) is 20.4. The van der Waals surface area contributed by atoms with E-state index < -0.39 is 10.0 Å². The average molecular weight is 356 g/mol. The Kier molecular flexibility index (Phi) is 7.69. The first-order valence-corrected chi connectivity index (χ1v) is 9.87. The summed E-state index contributed by atoms with van der Waals surface area (Å²) >= 11 is 0. The van der Waals surface area contributed by atoms with Crippen LogP contribution in [-0.4, -0.2) is 51.6 Å². The van der Waals surface area contributed by atoms with Crippen molar-refractivity contribution in [2.75, 3.05) is 33.0 Å². The van der Waals surface area contributed by atoms with Crippen LogP contribution in [0.4, 0.5) is 0 Å². The molecule has 0 aliphatic heterocycles. The van der Waals surface area contributed by atoms with Gasteiger partial charge in [0.2, 0.25) is 10.0 Å². The number of benzene rings is 1. The monoisotopic (exact) mass is 356 g/mol. The lowest BCUT2D eigenvalue weighted by Crippen LogP contribution is -2.33. The fourth-order valence-electron chi connectivity index (χ4n) is 2.28. The normalized spacial score (nSPS) is 11.8. The second-order valence-corrected chi connectivity index (χ2v) is 8.34. The van der Waals surface area contributed by atoms with E-state index in [0.29, 0.717) is 31.2 Å². The van der Waals surface area contributed by atoms with Crippen LogP contribution in [0, 0.1) is 6.92 Å². The molecule has 0 aliphatic rings. The zero-order valence-corrected chi connectivity index (χ0v) is 15.9. The highest BCUT2D eigenvalue weighted by molar-refractivity contribution is 7.88. The third-order valence-corrected chi connectivity index (χ3v) is 5.09. The highest BCUT2D eigenvalue weighted by Gasteiger charge is 2.10. The predicted octanol–water partition coefficient (Wildman–Crippen LogP) is 1.89. The lowest BCUT2D eigenvalue weighted by molar-refractivity contribution is -0.123. The second kappa shape index (κ2) is 9.03. The summed E-state index contributed by atoms with van der Waals surface area (Å²) in [7, 11) is -1.65. The minimum Gasteiger partial charge on any atom is -0.484 e. The molecule has 24 heavy (non-hydrogen) atoms. The number of hydrogen-bond acceptors (Lipinski definition) is 4. The van der Waals surface area contributed by atoms with Gasteiger partial charge in [-0.3, -0.25) is 4.79 Å². The van der Waals surface area contributed by atoms with Crippen LogP contribution < -0.4 is 10.1 Å². The number of nitrogens with zero attached hydrogens (tertiary/aromatic N) is 1. The standard InChI is InChI=1S/C17H28N2O4S/c1-13(2)16-8-7-15(11-14(16)3)23-12-17(20)18-9-6-10-19(4)24(5,21)22/h7-8,11,13H,6,9-10,12H2,1-5H3,(H,18,20). The highest BCUT2D eigenvalue weighted by Crippen LogP contribution is 2.23. The molecule has 0 saturated heterocycles. The summed E-state index contributed by atoms with van der Waals surface area (Å²) in [5, 5.41) is 2.72. The molecule has 0 radical (unpaired) electrons. The van der Waals surface area contributed by atoms with Gasteiger partial charge in [-0.1, -0.05) is 19.9 Å². The van der Waals surface area contributed by atoms with Crippen molar-refractivity contribution in [2.24, 2.45) is 0 Å². The molecule has 6 nitrogen and oxygen atoms in total. The van der Waals surface area contributed by atoms with Crippen LogP contribution in [0.1, 0.15) is 37.3 Å². The molecule has 0 unspecified atom stereocenters. The van der Waals surface area contributed by atoms with Crippen molar-refractivity contribution in [3.63, 3.8) is 0 Å². The van der Waals surface area contributed by atoms with E-state index in [-0.39, 0.29) is 12.5 Å². The average Bonchev–Trinajstić information content (AvgIpc) is 2.48. The number of amides is 1. The molecule has 1 N–H and O–H groups in total. The summed E-state index contributed by atoms with van der Waals surface area (Å²) in [4.78, 5) is 11.8. The molecule has 136 valence electrons. The summed E-state index contributed by atoms with van der Waals surface area (Å²) in [5.41, 5.74) is 2.41. The Balaban J connectivity index is 2.33. The van der Waals surface area contributed by atoms with Gasteiger partial charge < -0.3 is 10.1 Å². The summed E-state index contributed by atoms with van der Waals surface area (Å²) < 4.78 is 29.2. The number of carbonyl (C=O) groups is 1. The van der Waals surface area contributed by atoms with E-state index in [0.717, 1.165) is 11.8 Å². The molecule has 0 fully saturated rings. The van der Waals surface area contributed by atoms with Crippen molar-refractivity contribution in [2.45, 2.75) is 33.1 Å². The van der Waals surface area contributed by atoms with Gasteiger partial charge in [0.25, 0.3) is 5.91 Å². The van der Waals surface area contributed by atoms with Gasteiger partial charge in [-0.2, -0.15) is 0 Å². The number of rotatable bonds is 9. The van der Waals surface area contributed by atoms with Crippen molar-refractivity contribution in [3.8, 4) is 5.75 Å². The Labute approximate surface area is 145 Å². The van der Waals surface area contributed by atoms with E-state index in [4.69, 9.17) is 4.74 Å². The molecule has 7 heteroatoms. The Bertz CT molecular complexity index is 657. The largest absolute Gasteiger partial charge is 0.484 e. The second-order valence-electron chi connectivity index (χ2n) is 6.25. The molecule has 1 aromatic carbocycles. The highest BCUT2D eigenvalue weighted by atomic mass is 32.2. The molecule has 0 heterocycles. The molecule has 0 bridgehead atoms. The van der Waals surface area contributed by atoms with Gasteiger partial charge in [0.05, 0.1) is 6.26 Å². The summed E-state index contributed by atoms with van der Waals surface area (Å²) in [6.07, 6.45) is 1.71. The number of carbonyl (C=O) groups excluding carboxylic acids is 1. The van der Waals surface area contributed by atoms with E-state index in [9.17, 15) is 13.2 Å². The van der Waals surface area contributed by atoms with Crippen LogP contribution in [0.3, 0.4) is 0 Å². The summed E-state index contributed by atoms with van der Waals surface area (Å²) in [6, 6.07) is 5.83. The van der Waals surface area contributed by atoms with E-state index in [1.165, 1.54) is 16.9 Å². The molecule has 0 aromatic heterocycles. The maximum absolute atomic E-state index is 11.8. The first-order chi connectivity index (χ1) is 11.1. The van der Waals surface area contributed by atoms with Crippen molar-refractivity contribution in [3.05, 3.63) is 29.3 Å². The van der Waals surface area contributed by atoms with Gasteiger partial charge in [-0.15, -0.1) is 0 Å². The Hall–Kier alpha value is -1.60. The van der Waals surface area contributed by atoms with Gasteiger partial charge in [-0.25, -0.2) is 12.7 Å². The minimum absolute atomic E-state index is 0.0532. The minimum atomic E-state index is -3.17. The Morgan fingerprint density at radius 1 is 1.33 bits per heavy atom. The molecule has 0 spiro atoms. The van der Waals surface area contributed by atoms with Gasteiger partial charge in [0.1, 0.15) is 5.75 Å². The van der Waals surface area contributed by atoms with Crippen LogP contribution in [0.5, 0.6) is 5.75 Å². The van der Waals surface area contributed by atoms with Crippen LogP contribution >= 0.6 is 0 Å². The zero-order valence-electron chi connectivity index (χ0n) is 15.1. The maximum Gasteiger partial charge on any atom is 0.257 e. The SMILES string of the molecule is Cc1cc(OCC(=O)NCCCN(C)S(C)(=O)=O)ccc1C(C)C. The summed E-state index contributed by atoms with van der Waals surface area (Å²) in [5.74, 6) is 0.902. The topological polar surface area (TPSA) is 75.7 Å². The van der Waals surface area contributed by atoms with Gasteiger partial charge >= 0.3 is 0 Å². The van der Waals surface area contributed by atoms with Crippen molar-refractivity contribution < 1.29 is 17.9 Å². The number of aryl methyl sites for hydroxylation is 1. The van der Waals surface area contributed by atoms with Gasteiger partial charge in [-0.05, 0) is 42.5 Å². The van der Waals surface area contributed by atoms with E-state index in [1.54, 1.807) is 0 Å². The van der Waals surface area contributed by atoms with E-state index in [1.807, 2.05) is 25.1 Å². The van der Waals surface area contributed by atoms with Crippen LogP contribution in [0.15, 0.2) is 18.2 Å². The van der Waals surface area contributed by atoms with Gasteiger partial charge in [0.15, 0.2) is 6.61 Å². The molecule has 0 saturated carbocycles. The quantitative estimate of drug-likeness (QED) is 0.686. The van der Waals surface area contributed by atoms with E-state index >= 15 is 0 Å². The third kappa shape index (κ3) is 6.88. The smallest absolute Gasteiger partial charge is 0.257 e. The Morgan fingerprint density at radius 3 is 2.54 bits per heavy atom. The van der Waals surface area contributed by atoms with Crippen molar-refractivity contribution >= 4 is 15.9 Å². The zero-order chi connectivity index (χ0) is 18.3. The molecule has 1 rings (SSSR count). The lowest BCUT2D eigenvalue weighted by atomic mass is 9.98. The van der Waals surface area contributed by atoms with Crippen LogP contribution in [0.25, 0.3) is 0 Å². The lowest BCUT2D eigenvalue weighted by Gasteiger charge is -2.14. The van der Waals surface area contributed by atoms with Crippen LogP contribution in [0.2, 0.25) is 0 Å². The predicted molar refractivity (Wildman–Crippen MR) is 95.9 cm³/mol. The number of sulfonamides is 1. The maximum atomic E-state index is 11.8. The number of ether oxygens (including phenoxy) is 1. The third-order valence-electron chi connectivity index (χ3n) is 3.77. The van der Waals surface area contributed by atoms with Crippen molar-refractivity contribution in [1.82, 2.24) is 9.62 Å². The summed E-state index contributed by atoms with van der Waals surface area (Å²) in [6.45, 7) is 7.03. The number of nitrogens with one attached hydrogen (secondary N) is 1. The molecule has 1 amide bonds. The first-order valence-electron chi connectivity index (χ1n) is 8.02. The molecular formula is C17H28N2O4S. The molecule has 0 atom stereocenters. The van der Waals surface area contributed by atoms with Crippen LogP contribution in [-0.2, 0) is 14.8 Å². The van der Waals surface area contributed by atoms with E-state index in [2.05, 4.69) is 19.2 Å². The molecular weight excluding hydrogens is 328 g/mol. The van der Waals surface area contributed by atoms with Crippen molar-refractivity contribution in [1.29, 1.82) is 0 Å². The number of hydrogen-bond donors (Lipinski definition) is 1. The molecule has 0 aliphatic carbocycles. The fourth-order valence-corrected chi connectivity index (χ4v) is 2.74. The fraction of sp³-hybridized carbons (Fsp3) is 0.588. The van der Waals surface area contributed by atoms with Gasteiger partial charge in [0, 0.05) is 20.1 Å².